The highest BCUT2D eigenvalue weighted by Gasteiger charge is 2.28. The fraction of sp³-hybridized carbons (Fsp3) is 0.308. The second kappa shape index (κ2) is 4.25. The summed E-state index contributed by atoms with van der Waals surface area (Å²) in [7, 11) is 1.36. The van der Waals surface area contributed by atoms with Crippen LogP contribution in [0.5, 0.6) is 0 Å². The van der Waals surface area contributed by atoms with E-state index in [4.69, 9.17) is 4.52 Å². The molecule has 1 aliphatic rings. The average molecular weight is 244 g/mol. The van der Waals surface area contributed by atoms with Crippen LogP contribution in [-0.4, -0.2) is 23.2 Å². The number of aromatic nitrogens is 2. The predicted octanol–water partition coefficient (Wildman–Crippen LogP) is 2.40. The van der Waals surface area contributed by atoms with Crippen molar-refractivity contribution in [2.75, 3.05) is 7.11 Å². The number of ether oxygens (including phenoxy) is 1. The van der Waals surface area contributed by atoms with Crippen LogP contribution in [0.3, 0.4) is 0 Å². The number of nitrogens with zero attached hydrogens (tertiary/aromatic N) is 2. The third-order valence-corrected chi connectivity index (χ3v) is 2.94. The van der Waals surface area contributed by atoms with Crippen LogP contribution in [-0.2, 0) is 4.74 Å². The van der Waals surface area contributed by atoms with Crippen molar-refractivity contribution < 1.29 is 14.1 Å². The number of benzene rings is 1. The van der Waals surface area contributed by atoms with Crippen molar-refractivity contribution in [3.8, 4) is 11.5 Å². The maximum absolute atomic E-state index is 11.3. The van der Waals surface area contributed by atoms with Gasteiger partial charge in [0.2, 0.25) is 0 Å². The fourth-order valence-electron chi connectivity index (χ4n) is 1.73. The van der Waals surface area contributed by atoms with Gasteiger partial charge >= 0.3 is 5.97 Å². The molecule has 0 spiro atoms. The Balaban J connectivity index is 1.84. The van der Waals surface area contributed by atoms with Crippen molar-refractivity contribution >= 4 is 5.97 Å². The van der Waals surface area contributed by atoms with E-state index in [2.05, 4.69) is 14.9 Å². The molecule has 1 aromatic carbocycles. The topological polar surface area (TPSA) is 65.2 Å². The van der Waals surface area contributed by atoms with E-state index in [0.717, 1.165) is 24.2 Å². The van der Waals surface area contributed by atoms with Crippen LogP contribution in [0.15, 0.2) is 28.8 Å². The van der Waals surface area contributed by atoms with Crippen LogP contribution in [0.2, 0.25) is 0 Å². The number of carbonyl (C=O) groups excluding carboxylic acids is 1. The molecule has 1 aromatic heterocycles. The van der Waals surface area contributed by atoms with Gasteiger partial charge in [0.05, 0.1) is 12.7 Å². The normalized spacial score (nSPS) is 14.5. The quantitative estimate of drug-likeness (QED) is 0.775. The lowest BCUT2D eigenvalue weighted by molar-refractivity contribution is 0.0601. The number of hydrogen-bond acceptors (Lipinski definition) is 5. The number of hydrogen-bond donors (Lipinski definition) is 0. The smallest absolute Gasteiger partial charge is 0.337 e. The zero-order valence-corrected chi connectivity index (χ0v) is 9.92. The monoisotopic (exact) mass is 244 g/mol. The summed E-state index contributed by atoms with van der Waals surface area (Å²) >= 11 is 0. The molecule has 0 bridgehead atoms. The van der Waals surface area contributed by atoms with Crippen LogP contribution in [0.25, 0.3) is 11.5 Å². The maximum Gasteiger partial charge on any atom is 0.337 e. The highest BCUT2D eigenvalue weighted by molar-refractivity contribution is 5.89. The molecular weight excluding hydrogens is 232 g/mol. The summed E-state index contributed by atoms with van der Waals surface area (Å²) in [5.74, 6) is 1.39. The van der Waals surface area contributed by atoms with Gasteiger partial charge in [0, 0.05) is 11.5 Å². The zero-order valence-electron chi connectivity index (χ0n) is 9.92. The Morgan fingerprint density at radius 2 is 2.06 bits per heavy atom. The molecule has 2 aromatic rings. The average Bonchev–Trinajstić information content (AvgIpc) is 3.16. The Kier molecular flexibility index (Phi) is 2.59. The first-order valence-corrected chi connectivity index (χ1v) is 5.80. The van der Waals surface area contributed by atoms with Gasteiger partial charge in [-0.3, -0.25) is 0 Å². The van der Waals surface area contributed by atoms with Gasteiger partial charge in [-0.05, 0) is 37.1 Å². The molecule has 5 nitrogen and oxygen atoms in total. The molecular formula is C13H12N2O3. The van der Waals surface area contributed by atoms with Crippen molar-refractivity contribution in [3.63, 3.8) is 0 Å². The molecule has 18 heavy (non-hydrogen) atoms. The van der Waals surface area contributed by atoms with Gasteiger partial charge in [0.25, 0.3) is 5.89 Å². The lowest BCUT2D eigenvalue weighted by atomic mass is 10.1. The summed E-state index contributed by atoms with van der Waals surface area (Å²) in [5, 5.41) is 3.95. The summed E-state index contributed by atoms with van der Waals surface area (Å²) in [6, 6.07) is 6.91. The van der Waals surface area contributed by atoms with Gasteiger partial charge in [0.1, 0.15) is 0 Å². The van der Waals surface area contributed by atoms with Gasteiger partial charge in [-0.2, -0.15) is 4.98 Å². The van der Waals surface area contributed by atoms with E-state index in [1.165, 1.54) is 7.11 Å². The number of carbonyl (C=O) groups is 1. The van der Waals surface area contributed by atoms with Crippen molar-refractivity contribution in [1.29, 1.82) is 0 Å². The summed E-state index contributed by atoms with van der Waals surface area (Å²) in [6.45, 7) is 0. The van der Waals surface area contributed by atoms with Gasteiger partial charge in [-0.25, -0.2) is 4.79 Å². The molecule has 1 fully saturated rings. The molecule has 0 unspecified atom stereocenters. The van der Waals surface area contributed by atoms with Crippen molar-refractivity contribution in [2.24, 2.45) is 0 Å². The first-order chi connectivity index (χ1) is 8.78. The lowest BCUT2D eigenvalue weighted by Gasteiger charge is -1.99. The van der Waals surface area contributed by atoms with Gasteiger partial charge in [0.15, 0.2) is 5.82 Å². The molecule has 1 aliphatic carbocycles. The summed E-state index contributed by atoms with van der Waals surface area (Å²) in [4.78, 5) is 15.6. The van der Waals surface area contributed by atoms with E-state index in [-0.39, 0.29) is 5.97 Å². The molecule has 0 atom stereocenters. The third kappa shape index (κ3) is 1.99. The molecule has 0 aliphatic heterocycles. The highest BCUT2D eigenvalue weighted by Crippen LogP contribution is 2.38. The van der Waals surface area contributed by atoms with Crippen LogP contribution >= 0.6 is 0 Å². The van der Waals surface area contributed by atoms with E-state index in [1.54, 1.807) is 24.3 Å². The van der Waals surface area contributed by atoms with Gasteiger partial charge in [-0.15, -0.1) is 0 Å². The summed E-state index contributed by atoms with van der Waals surface area (Å²) in [5.41, 5.74) is 1.31. The first-order valence-electron chi connectivity index (χ1n) is 5.80. The Bertz CT molecular complexity index is 570. The van der Waals surface area contributed by atoms with Crippen molar-refractivity contribution in [2.45, 2.75) is 18.8 Å². The van der Waals surface area contributed by atoms with Crippen LogP contribution in [0.1, 0.15) is 34.9 Å². The minimum atomic E-state index is -0.356. The summed E-state index contributed by atoms with van der Waals surface area (Å²) in [6.07, 6.45) is 2.28. The van der Waals surface area contributed by atoms with E-state index in [9.17, 15) is 4.79 Å². The Hall–Kier alpha value is -2.17. The molecule has 1 heterocycles. The minimum absolute atomic E-state index is 0.356. The van der Waals surface area contributed by atoms with Crippen molar-refractivity contribution in [1.82, 2.24) is 10.1 Å². The minimum Gasteiger partial charge on any atom is -0.465 e. The second-order valence-electron chi connectivity index (χ2n) is 4.30. The van der Waals surface area contributed by atoms with E-state index < -0.39 is 0 Å². The third-order valence-electron chi connectivity index (χ3n) is 2.94. The standard InChI is InChI=1S/C13H12N2O3/c1-17-13(16)10-6-4-9(5-7-10)12-14-11(15-18-12)8-2-3-8/h4-8H,2-3H2,1H3. The number of rotatable bonds is 3. The van der Waals surface area contributed by atoms with Gasteiger partial charge in [-0.1, -0.05) is 5.16 Å². The van der Waals surface area contributed by atoms with Crippen LogP contribution in [0.4, 0.5) is 0 Å². The molecule has 0 amide bonds. The largest absolute Gasteiger partial charge is 0.465 e. The number of esters is 1. The van der Waals surface area contributed by atoms with Gasteiger partial charge < -0.3 is 9.26 Å². The summed E-state index contributed by atoms with van der Waals surface area (Å²) < 4.78 is 9.84. The molecule has 1 saturated carbocycles. The number of methoxy groups -OCH3 is 1. The van der Waals surface area contributed by atoms with Crippen LogP contribution < -0.4 is 0 Å². The zero-order chi connectivity index (χ0) is 12.5. The van der Waals surface area contributed by atoms with Crippen molar-refractivity contribution in [3.05, 3.63) is 35.7 Å². The fourth-order valence-corrected chi connectivity index (χ4v) is 1.73. The Morgan fingerprint density at radius 1 is 1.33 bits per heavy atom. The SMILES string of the molecule is COC(=O)c1ccc(-c2nc(C3CC3)no2)cc1. The highest BCUT2D eigenvalue weighted by atomic mass is 16.5. The van der Waals surface area contributed by atoms with E-state index in [1.807, 2.05) is 0 Å². The first kappa shape index (κ1) is 11.0. The Labute approximate surface area is 104 Å². The van der Waals surface area contributed by atoms with Crippen LogP contribution in [0, 0.1) is 0 Å². The lowest BCUT2D eigenvalue weighted by Crippen LogP contribution is -2.00. The Morgan fingerprint density at radius 3 is 2.67 bits per heavy atom. The molecule has 0 radical (unpaired) electrons. The second-order valence-corrected chi connectivity index (χ2v) is 4.30. The molecule has 0 N–H and O–H groups in total. The maximum atomic E-state index is 11.3. The molecule has 3 rings (SSSR count). The molecule has 5 heteroatoms. The van der Waals surface area contributed by atoms with E-state index in [0.29, 0.717) is 17.4 Å². The molecule has 0 saturated heterocycles. The molecule has 92 valence electrons. The van der Waals surface area contributed by atoms with E-state index >= 15 is 0 Å². The predicted molar refractivity (Wildman–Crippen MR) is 63.0 cm³/mol.